The monoisotopic (exact) mass is 218 g/mol. The molecule has 0 bridgehead atoms. The molecule has 1 aromatic rings. The molecule has 1 fully saturated rings. The second-order valence-corrected chi connectivity index (χ2v) is 4.34. The first-order chi connectivity index (χ1) is 7.77. The summed E-state index contributed by atoms with van der Waals surface area (Å²) in [6.45, 7) is 0.608. The topological polar surface area (TPSA) is 32.3 Å². The second-order valence-electron chi connectivity index (χ2n) is 4.34. The molecule has 0 radical (unpaired) electrons. The minimum Gasteiger partial charge on any atom is -0.334 e. The van der Waals surface area contributed by atoms with Crippen LogP contribution in [0.25, 0.3) is 0 Å². The number of carbonyl (C=O) groups excluding carboxylic acids is 1. The zero-order chi connectivity index (χ0) is 11.4. The standard InChI is InChI=1S/C13H18N2O/c1-15(12-8-5-9-12)13(16)14-10-11-6-3-2-4-7-11/h2-4,6-7,12H,5,8-10H2,1H3,(H,14,16). The highest BCUT2D eigenvalue weighted by atomic mass is 16.2. The van der Waals surface area contributed by atoms with E-state index in [0.717, 1.165) is 18.4 Å². The van der Waals surface area contributed by atoms with Gasteiger partial charge >= 0.3 is 6.03 Å². The number of carbonyl (C=O) groups is 1. The Morgan fingerprint density at radius 1 is 1.38 bits per heavy atom. The summed E-state index contributed by atoms with van der Waals surface area (Å²) >= 11 is 0. The normalized spacial score (nSPS) is 15.3. The number of rotatable bonds is 3. The fourth-order valence-corrected chi connectivity index (χ4v) is 1.84. The van der Waals surface area contributed by atoms with Crippen LogP contribution in [0.15, 0.2) is 30.3 Å². The smallest absolute Gasteiger partial charge is 0.317 e. The number of amides is 2. The first-order valence-corrected chi connectivity index (χ1v) is 5.82. The third-order valence-corrected chi connectivity index (χ3v) is 3.23. The predicted octanol–water partition coefficient (Wildman–Crippen LogP) is 2.38. The zero-order valence-corrected chi connectivity index (χ0v) is 9.65. The van der Waals surface area contributed by atoms with Crippen LogP contribution in [0.2, 0.25) is 0 Å². The Morgan fingerprint density at radius 3 is 2.62 bits per heavy atom. The Labute approximate surface area is 96.5 Å². The van der Waals surface area contributed by atoms with Gasteiger partial charge in [-0.2, -0.15) is 0 Å². The molecule has 2 amide bonds. The van der Waals surface area contributed by atoms with E-state index in [9.17, 15) is 4.79 Å². The molecule has 1 N–H and O–H groups in total. The average Bonchev–Trinajstić information content (AvgIpc) is 2.25. The second kappa shape index (κ2) is 5.01. The summed E-state index contributed by atoms with van der Waals surface area (Å²) in [5, 5.41) is 2.93. The molecule has 0 aromatic heterocycles. The molecule has 1 saturated carbocycles. The van der Waals surface area contributed by atoms with E-state index < -0.39 is 0 Å². The summed E-state index contributed by atoms with van der Waals surface area (Å²) in [5.41, 5.74) is 1.14. The van der Waals surface area contributed by atoms with Gasteiger partial charge in [-0.1, -0.05) is 30.3 Å². The maximum Gasteiger partial charge on any atom is 0.317 e. The largest absolute Gasteiger partial charge is 0.334 e. The van der Waals surface area contributed by atoms with Gasteiger partial charge in [-0.05, 0) is 24.8 Å². The van der Waals surface area contributed by atoms with Gasteiger partial charge in [0, 0.05) is 19.6 Å². The van der Waals surface area contributed by atoms with E-state index in [1.165, 1.54) is 6.42 Å². The summed E-state index contributed by atoms with van der Waals surface area (Å²) in [4.78, 5) is 13.6. The molecule has 0 aliphatic heterocycles. The molecule has 1 aliphatic carbocycles. The molecule has 16 heavy (non-hydrogen) atoms. The third-order valence-electron chi connectivity index (χ3n) is 3.23. The molecule has 1 aliphatic rings. The lowest BCUT2D eigenvalue weighted by Gasteiger charge is -2.34. The predicted molar refractivity (Wildman–Crippen MR) is 64.1 cm³/mol. The van der Waals surface area contributed by atoms with E-state index in [-0.39, 0.29) is 6.03 Å². The molecule has 0 heterocycles. The van der Waals surface area contributed by atoms with E-state index in [1.807, 2.05) is 42.3 Å². The van der Waals surface area contributed by atoms with Gasteiger partial charge in [0.2, 0.25) is 0 Å². The van der Waals surface area contributed by atoms with Gasteiger partial charge in [-0.3, -0.25) is 0 Å². The van der Waals surface area contributed by atoms with Gasteiger partial charge < -0.3 is 10.2 Å². The fourth-order valence-electron chi connectivity index (χ4n) is 1.84. The van der Waals surface area contributed by atoms with E-state index in [2.05, 4.69) is 5.32 Å². The van der Waals surface area contributed by atoms with Gasteiger partial charge in [0.15, 0.2) is 0 Å². The lowest BCUT2D eigenvalue weighted by molar-refractivity contribution is 0.157. The van der Waals surface area contributed by atoms with Crippen LogP contribution in [-0.4, -0.2) is 24.0 Å². The van der Waals surface area contributed by atoms with Crippen LogP contribution in [0.3, 0.4) is 0 Å². The van der Waals surface area contributed by atoms with Crippen LogP contribution in [0.1, 0.15) is 24.8 Å². The SMILES string of the molecule is CN(C(=O)NCc1ccccc1)C1CCC1. The first kappa shape index (κ1) is 11.0. The Kier molecular flexibility index (Phi) is 3.44. The summed E-state index contributed by atoms with van der Waals surface area (Å²) in [6, 6.07) is 10.5. The van der Waals surface area contributed by atoms with Crippen LogP contribution >= 0.6 is 0 Å². The van der Waals surface area contributed by atoms with Crippen LogP contribution < -0.4 is 5.32 Å². The van der Waals surface area contributed by atoms with Crippen LogP contribution in [0, 0.1) is 0 Å². The van der Waals surface area contributed by atoms with E-state index in [0.29, 0.717) is 12.6 Å². The molecule has 1 aromatic carbocycles. The number of nitrogens with one attached hydrogen (secondary N) is 1. The van der Waals surface area contributed by atoms with Crippen molar-refractivity contribution in [1.82, 2.24) is 10.2 Å². The Morgan fingerprint density at radius 2 is 2.06 bits per heavy atom. The van der Waals surface area contributed by atoms with Gasteiger partial charge in [0.05, 0.1) is 0 Å². The Bertz CT molecular complexity index is 346. The van der Waals surface area contributed by atoms with Crippen molar-refractivity contribution in [2.45, 2.75) is 31.8 Å². The molecular weight excluding hydrogens is 200 g/mol. The summed E-state index contributed by atoms with van der Waals surface area (Å²) in [5.74, 6) is 0. The molecule has 2 rings (SSSR count). The van der Waals surface area contributed by atoms with Crippen molar-refractivity contribution in [3.05, 3.63) is 35.9 Å². The van der Waals surface area contributed by atoms with Crippen molar-refractivity contribution < 1.29 is 4.79 Å². The quantitative estimate of drug-likeness (QED) is 0.830. The molecule has 0 unspecified atom stereocenters. The van der Waals surface area contributed by atoms with Crippen LogP contribution in [0.4, 0.5) is 4.79 Å². The van der Waals surface area contributed by atoms with Gasteiger partial charge in [0.25, 0.3) is 0 Å². The highest BCUT2D eigenvalue weighted by Gasteiger charge is 2.25. The van der Waals surface area contributed by atoms with Gasteiger partial charge in [0.1, 0.15) is 0 Å². The van der Waals surface area contributed by atoms with Crippen LogP contribution in [-0.2, 0) is 6.54 Å². The maximum absolute atomic E-state index is 11.8. The highest BCUT2D eigenvalue weighted by Crippen LogP contribution is 2.23. The molecule has 0 spiro atoms. The lowest BCUT2D eigenvalue weighted by atomic mass is 9.92. The zero-order valence-electron chi connectivity index (χ0n) is 9.65. The number of nitrogens with zero attached hydrogens (tertiary/aromatic N) is 1. The minimum atomic E-state index is 0.0357. The molecular formula is C13H18N2O. The van der Waals surface area contributed by atoms with Gasteiger partial charge in [-0.25, -0.2) is 4.79 Å². The molecule has 0 atom stereocenters. The van der Waals surface area contributed by atoms with E-state index >= 15 is 0 Å². The van der Waals surface area contributed by atoms with Crippen molar-refractivity contribution in [3.8, 4) is 0 Å². The summed E-state index contributed by atoms with van der Waals surface area (Å²) in [6.07, 6.45) is 3.55. The van der Waals surface area contributed by atoms with Crippen molar-refractivity contribution in [1.29, 1.82) is 0 Å². The molecule has 0 saturated heterocycles. The average molecular weight is 218 g/mol. The van der Waals surface area contributed by atoms with Crippen molar-refractivity contribution in [2.24, 2.45) is 0 Å². The van der Waals surface area contributed by atoms with Crippen molar-refractivity contribution in [3.63, 3.8) is 0 Å². The number of hydrogen-bond donors (Lipinski definition) is 1. The van der Waals surface area contributed by atoms with E-state index in [4.69, 9.17) is 0 Å². The molecule has 3 heteroatoms. The Hall–Kier alpha value is -1.51. The Balaban J connectivity index is 1.79. The molecule has 3 nitrogen and oxygen atoms in total. The fraction of sp³-hybridized carbons (Fsp3) is 0.462. The highest BCUT2D eigenvalue weighted by molar-refractivity contribution is 5.74. The number of urea groups is 1. The van der Waals surface area contributed by atoms with Crippen molar-refractivity contribution in [2.75, 3.05) is 7.05 Å². The van der Waals surface area contributed by atoms with E-state index in [1.54, 1.807) is 0 Å². The van der Waals surface area contributed by atoms with Crippen LogP contribution in [0.5, 0.6) is 0 Å². The number of hydrogen-bond acceptors (Lipinski definition) is 1. The first-order valence-electron chi connectivity index (χ1n) is 5.82. The molecule has 86 valence electrons. The summed E-state index contributed by atoms with van der Waals surface area (Å²) in [7, 11) is 1.88. The maximum atomic E-state index is 11.8. The summed E-state index contributed by atoms with van der Waals surface area (Å²) < 4.78 is 0. The van der Waals surface area contributed by atoms with Crippen molar-refractivity contribution >= 4 is 6.03 Å². The lowest BCUT2D eigenvalue weighted by Crippen LogP contribution is -2.46. The third kappa shape index (κ3) is 2.54. The van der Waals surface area contributed by atoms with Gasteiger partial charge in [-0.15, -0.1) is 0 Å². The number of benzene rings is 1. The minimum absolute atomic E-state index is 0.0357.